The van der Waals surface area contributed by atoms with Crippen molar-refractivity contribution in [1.29, 1.82) is 0 Å². The first kappa shape index (κ1) is 17.2. The topological polar surface area (TPSA) is 95.5 Å². The average Bonchev–Trinajstić information content (AvgIpc) is 2.87. The summed E-state index contributed by atoms with van der Waals surface area (Å²) in [5, 5.41) is 16.1. The first-order valence-corrected chi connectivity index (χ1v) is 7.52. The summed E-state index contributed by atoms with van der Waals surface area (Å²) in [7, 11) is 0. The smallest absolute Gasteiger partial charge is 0.326 e. The Hall–Kier alpha value is -1.89. The lowest BCUT2D eigenvalue weighted by Gasteiger charge is -2.20. The molecule has 7 heteroatoms. The molecule has 3 N–H and O–H groups in total. The Bertz CT molecular complexity index is 499. The van der Waals surface area contributed by atoms with Crippen LogP contribution in [0.25, 0.3) is 0 Å². The van der Waals surface area contributed by atoms with Crippen LogP contribution in [0.4, 0.5) is 0 Å². The minimum Gasteiger partial charge on any atom is -0.480 e. The Balaban J connectivity index is 2.72. The van der Waals surface area contributed by atoms with Crippen LogP contribution in [0.2, 0.25) is 0 Å². The third-order valence-corrected chi connectivity index (χ3v) is 3.89. The van der Waals surface area contributed by atoms with Gasteiger partial charge in [0, 0.05) is 11.8 Å². The van der Waals surface area contributed by atoms with Crippen LogP contribution in [0, 0.1) is 5.92 Å². The number of nitrogens with one attached hydrogen (secondary N) is 2. The Morgan fingerprint density at radius 1 is 1.29 bits per heavy atom. The lowest BCUT2D eigenvalue weighted by atomic mass is 10.0. The molecule has 2 amide bonds. The number of carboxylic acids is 1. The second kappa shape index (κ2) is 7.78. The van der Waals surface area contributed by atoms with Crippen molar-refractivity contribution in [3.8, 4) is 0 Å². The summed E-state index contributed by atoms with van der Waals surface area (Å²) in [5.41, 5.74) is 0. The summed E-state index contributed by atoms with van der Waals surface area (Å²) < 4.78 is 0. The number of carbonyl (C=O) groups excluding carboxylic acids is 2. The number of carboxylic acid groups (broad SMARTS) is 1. The second-order valence-corrected chi connectivity index (χ2v) is 6.08. The number of thiophene rings is 1. The van der Waals surface area contributed by atoms with Crippen molar-refractivity contribution in [2.24, 2.45) is 5.92 Å². The molecular formula is C14H20N2O4S. The van der Waals surface area contributed by atoms with Crippen LogP contribution in [0.15, 0.2) is 17.5 Å². The molecule has 116 valence electrons. The molecule has 0 aromatic carbocycles. The quantitative estimate of drug-likeness (QED) is 0.711. The van der Waals surface area contributed by atoms with Crippen molar-refractivity contribution < 1.29 is 19.5 Å². The molecule has 0 aliphatic carbocycles. The predicted octanol–water partition coefficient (Wildman–Crippen LogP) is 1.54. The van der Waals surface area contributed by atoms with Crippen LogP contribution in [-0.2, 0) is 14.4 Å². The van der Waals surface area contributed by atoms with E-state index in [0.29, 0.717) is 0 Å². The Morgan fingerprint density at radius 2 is 1.95 bits per heavy atom. The number of hydrogen-bond acceptors (Lipinski definition) is 4. The van der Waals surface area contributed by atoms with E-state index in [1.807, 2.05) is 17.5 Å². The van der Waals surface area contributed by atoms with E-state index in [1.54, 1.807) is 13.8 Å². The van der Waals surface area contributed by atoms with Gasteiger partial charge in [0.15, 0.2) is 0 Å². The highest BCUT2D eigenvalue weighted by Crippen LogP contribution is 2.22. The highest BCUT2D eigenvalue weighted by molar-refractivity contribution is 7.10. The molecule has 0 saturated carbocycles. The van der Waals surface area contributed by atoms with Crippen molar-refractivity contribution in [2.75, 3.05) is 0 Å². The number of rotatable bonds is 7. The van der Waals surface area contributed by atoms with Gasteiger partial charge in [0.2, 0.25) is 11.8 Å². The summed E-state index contributed by atoms with van der Waals surface area (Å²) in [5.74, 6) is -1.92. The van der Waals surface area contributed by atoms with E-state index < -0.39 is 24.0 Å². The monoisotopic (exact) mass is 312 g/mol. The van der Waals surface area contributed by atoms with Crippen molar-refractivity contribution in [3.05, 3.63) is 22.4 Å². The lowest BCUT2D eigenvalue weighted by molar-refractivity contribution is -0.143. The summed E-state index contributed by atoms with van der Waals surface area (Å²) in [6.45, 7) is 4.83. The van der Waals surface area contributed by atoms with Crippen molar-refractivity contribution >= 4 is 29.1 Å². The van der Waals surface area contributed by atoms with Gasteiger partial charge in [-0.1, -0.05) is 19.9 Å². The van der Waals surface area contributed by atoms with Gasteiger partial charge in [0.25, 0.3) is 0 Å². The fraction of sp³-hybridized carbons (Fsp3) is 0.500. The number of aliphatic carboxylic acids is 1. The zero-order valence-electron chi connectivity index (χ0n) is 12.3. The van der Waals surface area contributed by atoms with Gasteiger partial charge in [-0.3, -0.25) is 9.59 Å². The molecule has 0 saturated heterocycles. The third kappa shape index (κ3) is 5.55. The molecule has 1 aromatic heterocycles. The largest absolute Gasteiger partial charge is 0.480 e. The molecule has 1 unspecified atom stereocenters. The molecule has 21 heavy (non-hydrogen) atoms. The second-order valence-electron chi connectivity index (χ2n) is 5.10. The number of carbonyl (C=O) groups is 3. The third-order valence-electron chi connectivity index (χ3n) is 2.90. The minimum absolute atomic E-state index is 0.0105. The molecule has 6 nitrogen and oxygen atoms in total. The Morgan fingerprint density at radius 3 is 2.38 bits per heavy atom. The molecule has 0 radical (unpaired) electrons. The summed E-state index contributed by atoms with van der Waals surface area (Å²) in [4.78, 5) is 35.2. The van der Waals surface area contributed by atoms with Gasteiger partial charge in [-0.25, -0.2) is 4.79 Å². The Kier molecular flexibility index (Phi) is 6.36. The van der Waals surface area contributed by atoms with Gasteiger partial charge in [-0.2, -0.15) is 0 Å². The molecule has 0 aliphatic heterocycles. The maximum Gasteiger partial charge on any atom is 0.326 e. The maximum atomic E-state index is 12.0. The van der Waals surface area contributed by atoms with Crippen molar-refractivity contribution in [2.45, 2.75) is 39.3 Å². The number of hydrogen-bond donors (Lipinski definition) is 3. The molecule has 0 bridgehead atoms. The normalized spacial score (nSPS) is 13.5. The van der Waals surface area contributed by atoms with Gasteiger partial charge >= 0.3 is 5.97 Å². The molecular weight excluding hydrogens is 292 g/mol. The SMILES string of the molecule is CC(=O)NC(CC(=O)N[C@H](C(=O)O)C(C)C)c1cccs1. The standard InChI is InChI=1S/C14H20N2O4S/c1-8(2)13(14(19)20)16-12(18)7-10(15-9(3)17)11-5-4-6-21-11/h4-6,8,10,13H,7H2,1-3H3,(H,15,17)(H,16,18)(H,19,20)/t10?,13-/m0/s1. The molecule has 1 heterocycles. The highest BCUT2D eigenvalue weighted by atomic mass is 32.1. The van der Waals surface area contributed by atoms with Gasteiger partial charge in [0.05, 0.1) is 12.5 Å². The predicted molar refractivity (Wildman–Crippen MR) is 79.9 cm³/mol. The fourth-order valence-corrected chi connectivity index (χ4v) is 2.67. The van der Waals surface area contributed by atoms with Crippen LogP contribution < -0.4 is 10.6 Å². The van der Waals surface area contributed by atoms with Crippen LogP contribution in [-0.4, -0.2) is 28.9 Å². The van der Waals surface area contributed by atoms with Gasteiger partial charge < -0.3 is 15.7 Å². The van der Waals surface area contributed by atoms with E-state index in [2.05, 4.69) is 10.6 Å². The first-order chi connectivity index (χ1) is 9.81. The molecule has 0 spiro atoms. The van der Waals surface area contributed by atoms with Gasteiger partial charge in [0.1, 0.15) is 6.04 Å². The molecule has 1 rings (SSSR count). The van der Waals surface area contributed by atoms with E-state index in [9.17, 15) is 14.4 Å². The minimum atomic E-state index is -1.06. The van der Waals surface area contributed by atoms with Gasteiger partial charge in [-0.15, -0.1) is 11.3 Å². The van der Waals surface area contributed by atoms with E-state index in [0.717, 1.165) is 4.88 Å². The fourth-order valence-electron chi connectivity index (χ4n) is 1.89. The van der Waals surface area contributed by atoms with E-state index in [1.165, 1.54) is 18.3 Å². The van der Waals surface area contributed by atoms with E-state index in [4.69, 9.17) is 5.11 Å². The first-order valence-electron chi connectivity index (χ1n) is 6.64. The average molecular weight is 312 g/mol. The van der Waals surface area contributed by atoms with Crippen molar-refractivity contribution in [1.82, 2.24) is 10.6 Å². The van der Waals surface area contributed by atoms with E-state index in [-0.39, 0.29) is 18.2 Å². The van der Waals surface area contributed by atoms with Crippen LogP contribution >= 0.6 is 11.3 Å². The van der Waals surface area contributed by atoms with Crippen LogP contribution in [0.3, 0.4) is 0 Å². The molecule has 1 aromatic rings. The maximum absolute atomic E-state index is 12.0. The van der Waals surface area contributed by atoms with Crippen LogP contribution in [0.1, 0.15) is 38.1 Å². The van der Waals surface area contributed by atoms with Crippen LogP contribution in [0.5, 0.6) is 0 Å². The lowest BCUT2D eigenvalue weighted by Crippen LogP contribution is -2.45. The summed E-state index contributed by atoms with van der Waals surface area (Å²) >= 11 is 1.44. The summed E-state index contributed by atoms with van der Waals surface area (Å²) in [6.07, 6.45) is 0.0105. The highest BCUT2D eigenvalue weighted by Gasteiger charge is 2.25. The summed E-state index contributed by atoms with van der Waals surface area (Å²) in [6, 6.07) is 2.29. The van der Waals surface area contributed by atoms with Gasteiger partial charge in [-0.05, 0) is 17.4 Å². The van der Waals surface area contributed by atoms with Crippen molar-refractivity contribution in [3.63, 3.8) is 0 Å². The molecule has 0 fully saturated rings. The van der Waals surface area contributed by atoms with E-state index >= 15 is 0 Å². The zero-order valence-corrected chi connectivity index (χ0v) is 13.1. The molecule has 0 aliphatic rings. The Labute approximate surface area is 127 Å². The zero-order chi connectivity index (χ0) is 16.0. The molecule has 2 atom stereocenters. The number of amides is 2.